The van der Waals surface area contributed by atoms with Crippen LogP contribution in [0, 0.1) is 5.82 Å². The molecule has 0 N–H and O–H groups in total. The maximum absolute atomic E-state index is 12.8. The highest BCUT2D eigenvalue weighted by Crippen LogP contribution is 2.34. The van der Waals surface area contributed by atoms with Gasteiger partial charge in [-0.3, -0.25) is 0 Å². The second-order valence-electron chi connectivity index (χ2n) is 6.92. The highest BCUT2D eigenvalue weighted by molar-refractivity contribution is 5.25. The highest BCUT2D eigenvalue weighted by Gasteiger charge is 2.31. The Morgan fingerprint density at radius 2 is 1.67 bits per heavy atom. The van der Waals surface area contributed by atoms with Gasteiger partial charge in [0.15, 0.2) is 0 Å². The van der Waals surface area contributed by atoms with Crippen LogP contribution < -0.4 is 4.74 Å². The van der Waals surface area contributed by atoms with E-state index in [1.165, 1.54) is 30.5 Å². The van der Waals surface area contributed by atoms with Gasteiger partial charge in [0.2, 0.25) is 0 Å². The van der Waals surface area contributed by atoms with Gasteiger partial charge in [0.1, 0.15) is 11.6 Å². The number of halogens is 1. The quantitative estimate of drug-likeness (QED) is 0.716. The molecule has 2 nitrogen and oxygen atoms in total. The maximum Gasteiger partial charge on any atom is 0.123 e. The molecule has 0 bridgehead atoms. The van der Waals surface area contributed by atoms with Crippen molar-refractivity contribution in [1.29, 1.82) is 0 Å². The van der Waals surface area contributed by atoms with Gasteiger partial charge in [0.25, 0.3) is 0 Å². The van der Waals surface area contributed by atoms with Gasteiger partial charge >= 0.3 is 0 Å². The minimum absolute atomic E-state index is 0.225. The summed E-state index contributed by atoms with van der Waals surface area (Å²) in [5.41, 5.74) is 1.77. The molecule has 0 aromatic heterocycles. The zero-order valence-electron chi connectivity index (χ0n) is 14.4. The first kappa shape index (κ1) is 17.0. The monoisotopic (exact) mass is 327 g/mol. The van der Waals surface area contributed by atoms with Crippen molar-refractivity contribution in [2.75, 3.05) is 26.2 Å². The first-order valence-corrected chi connectivity index (χ1v) is 8.82. The average molecular weight is 327 g/mol. The molecule has 0 radical (unpaired) electrons. The van der Waals surface area contributed by atoms with Gasteiger partial charge < -0.3 is 9.64 Å². The number of hydrogen-bond acceptors (Lipinski definition) is 2. The first-order valence-electron chi connectivity index (χ1n) is 8.82. The molecular weight excluding hydrogens is 301 g/mol. The number of ether oxygens (including phenoxy) is 1. The molecule has 3 heteroatoms. The summed E-state index contributed by atoms with van der Waals surface area (Å²) in [6, 6.07) is 17.1. The number of likely N-dealkylation sites (tertiary alicyclic amines) is 1. The summed E-state index contributed by atoms with van der Waals surface area (Å²) >= 11 is 0. The van der Waals surface area contributed by atoms with Crippen LogP contribution in [0.5, 0.6) is 5.75 Å². The van der Waals surface area contributed by atoms with Gasteiger partial charge in [-0.1, -0.05) is 37.3 Å². The number of hydrogen-bond donors (Lipinski definition) is 0. The molecule has 0 unspecified atom stereocenters. The van der Waals surface area contributed by atoms with Crippen LogP contribution in [-0.4, -0.2) is 31.1 Å². The van der Waals surface area contributed by atoms with E-state index < -0.39 is 0 Å². The van der Waals surface area contributed by atoms with Gasteiger partial charge in [-0.2, -0.15) is 0 Å². The molecule has 1 saturated heterocycles. The van der Waals surface area contributed by atoms with Crippen molar-refractivity contribution in [3.63, 3.8) is 0 Å². The van der Waals surface area contributed by atoms with Gasteiger partial charge in [-0.05, 0) is 67.6 Å². The van der Waals surface area contributed by atoms with E-state index >= 15 is 0 Å². The average Bonchev–Trinajstić information content (AvgIpc) is 2.63. The third-order valence-electron chi connectivity index (χ3n) is 5.13. The molecule has 3 rings (SSSR count). The normalized spacial score (nSPS) is 17.6. The first-order chi connectivity index (χ1) is 11.7. The molecule has 1 aliphatic rings. The molecule has 1 heterocycles. The Morgan fingerprint density at radius 1 is 1.00 bits per heavy atom. The number of piperidine rings is 1. The molecule has 24 heavy (non-hydrogen) atoms. The van der Waals surface area contributed by atoms with Crippen LogP contribution in [0.4, 0.5) is 4.39 Å². The van der Waals surface area contributed by atoms with E-state index in [4.69, 9.17) is 4.74 Å². The lowest BCUT2D eigenvalue weighted by Gasteiger charge is -2.40. The lowest BCUT2D eigenvalue weighted by atomic mass is 9.74. The fraction of sp³-hybridized carbons (Fsp3) is 0.429. The summed E-state index contributed by atoms with van der Waals surface area (Å²) in [6.07, 6.45) is 3.41. The smallest absolute Gasteiger partial charge is 0.123 e. The van der Waals surface area contributed by atoms with E-state index in [9.17, 15) is 4.39 Å². The molecule has 1 aliphatic heterocycles. The molecule has 2 aromatic carbocycles. The second-order valence-corrected chi connectivity index (χ2v) is 6.92. The SMILES string of the molecule is CC1(c2ccccc2)CCN(CCCOc2ccc(F)cc2)CC1. The van der Waals surface area contributed by atoms with Crippen LogP contribution in [0.1, 0.15) is 31.7 Å². The van der Waals surface area contributed by atoms with Gasteiger partial charge in [-0.15, -0.1) is 0 Å². The lowest BCUT2D eigenvalue weighted by molar-refractivity contribution is 0.158. The minimum atomic E-state index is -0.225. The summed E-state index contributed by atoms with van der Waals surface area (Å²) in [4.78, 5) is 2.53. The summed E-state index contributed by atoms with van der Waals surface area (Å²) < 4.78 is 18.5. The van der Waals surface area contributed by atoms with E-state index in [1.807, 2.05) is 0 Å². The van der Waals surface area contributed by atoms with Crippen LogP contribution in [0.2, 0.25) is 0 Å². The van der Waals surface area contributed by atoms with E-state index in [-0.39, 0.29) is 5.82 Å². The largest absolute Gasteiger partial charge is 0.494 e. The van der Waals surface area contributed by atoms with E-state index in [0.29, 0.717) is 12.0 Å². The predicted molar refractivity (Wildman–Crippen MR) is 96.0 cm³/mol. The highest BCUT2D eigenvalue weighted by atomic mass is 19.1. The second kappa shape index (κ2) is 7.80. The molecule has 128 valence electrons. The van der Waals surface area contributed by atoms with Crippen molar-refractivity contribution in [1.82, 2.24) is 4.90 Å². The molecule has 0 saturated carbocycles. The Morgan fingerprint density at radius 3 is 2.33 bits per heavy atom. The van der Waals surface area contributed by atoms with Gasteiger partial charge in [0, 0.05) is 6.54 Å². The Bertz CT molecular complexity index is 618. The third kappa shape index (κ3) is 4.35. The zero-order valence-corrected chi connectivity index (χ0v) is 14.4. The summed E-state index contributed by atoms with van der Waals surface area (Å²) in [7, 11) is 0. The Labute approximate surface area is 144 Å². The maximum atomic E-state index is 12.8. The molecule has 0 atom stereocenters. The standard InChI is InChI=1S/C21H26FNO/c1-21(18-6-3-2-4-7-18)12-15-23(16-13-21)14-5-17-24-20-10-8-19(22)9-11-20/h2-4,6-11H,5,12-17H2,1H3. The van der Waals surface area contributed by atoms with Crippen LogP contribution in [0.3, 0.4) is 0 Å². The van der Waals surface area contributed by atoms with Gasteiger partial charge in [-0.25, -0.2) is 4.39 Å². The number of nitrogens with zero attached hydrogens (tertiary/aromatic N) is 1. The predicted octanol–water partition coefficient (Wildman–Crippen LogP) is 4.65. The molecule has 0 aliphatic carbocycles. The van der Waals surface area contributed by atoms with Crippen molar-refractivity contribution in [3.05, 3.63) is 66.0 Å². The molecule has 0 spiro atoms. The Balaban J connectivity index is 1.39. The third-order valence-corrected chi connectivity index (χ3v) is 5.13. The van der Waals surface area contributed by atoms with Gasteiger partial charge in [0.05, 0.1) is 6.61 Å². The summed E-state index contributed by atoms with van der Waals surface area (Å²) in [6.45, 7) is 6.41. The topological polar surface area (TPSA) is 12.5 Å². The Kier molecular flexibility index (Phi) is 5.52. The van der Waals surface area contributed by atoms with Crippen molar-refractivity contribution in [2.24, 2.45) is 0 Å². The van der Waals surface area contributed by atoms with Crippen LogP contribution in [-0.2, 0) is 5.41 Å². The van der Waals surface area contributed by atoms with E-state index in [1.54, 1.807) is 12.1 Å². The van der Waals surface area contributed by atoms with Crippen LogP contribution >= 0.6 is 0 Å². The summed E-state index contributed by atoms with van der Waals surface area (Å²) in [5.74, 6) is 0.517. The van der Waals surface area contributed by atoms with E-state index in [0.717, 1.165) is 31.8 Å². The van der Waals surface area contributed by atoms with Crippen LogP contribution in [0.15, 0.2) is 54.6 Å². The molecular formula is C21H26FNO. The zero-order chi connectivity index (χ0) is 16.8. The number of benzene rings is 2. The number of rotatable bonds is 6. The molecule has 0 amide bonds. The molecule has 1 fully saturated rings. The minimum Gasteiger partial charge on any atom is -0.494 e. The summed E-state index contributed by atoms with van der Waals surface area (Å²) in [5, 5.41) is 0. The fourth-order valence-corrected chi connectivity index (χ4v) is 3.41. The van der Waals surface area contributed by atoms with Crippen molar-refractivity contribution >= 4 is 0 Å². The van der Waals surface area contributed by atoms with Crippen molar-refractivity contribution < 1.29 is 9.13 Å². The van der Waals surface area contributed by atoms with Crippen LogP contribution in [0.25, 0.3) is 0 Å². The molecule has 2 aromatic rings. The van der Waals surface area contributed by atoms with E-state index in [2.05, 4.69) is 42.2 Å². The van der Waals surface area contributed by atoms with Crippen molar-refractivity contribution in [2.45, 2.75) is 31.6 Å². The Hall–Kier alpha value is -1.87. The van der Waals surface area contributed by atoms with Crippen molar-refractivity contribution in [3.8, 4) is 5.75 Å². The lowest BCUT2D eigenvalue weighted by Crippen LogP contribution is -2.41. The fourth-order valence-electron chi connectivity index (χ4n) is 3.41.